The first kappa shape index (κ1) is 18.8. The smallest absolute Gasteiger partial charge is 0.255 e. The minimum atomic E-state index is 0.124. The van der Waals surface area contributed by atoms with E-state index in [9.17, 15) is 4.79 Å². The molecule has 3 heterocycles. The van der Waals surface area contributed by atoms with Crippen LogP contribution in [0.3, 0.4) is 0 Å². The average Bonchev–Trinajstić information content (AvgIpc) is 2.76. The molecular formula is C23H30N4O. The summed E-state index contributed by atoms with van der Waals surface area (Å²) in [5.74, 6) is 1.09. The Morgan fingerprint density at radius 3 is 2.25 bits per heavy atom. The summed E-state index contributed by atoms with van der Waals surface area (Å²) in [6.07, 6.45) is 5.21. The Labute approximate surface area is 168 Å². The number of rotatable bonds is 3. The molecule has 1 amide bonds. The van der Waals surface area contributed by atoms with Crippen molar-refractivity contribution in [1.29, 1.82) is 0 Å². The lowest BCUT2D eigenvalue weighted by molar-refractivity contribution is 0.0724. The maximum absolute atomic E-state index is 12.6. The molecule has 28 heavy (non-hydrogen) atoms. The van der Waals surface area contributed by atoms with E-state index in [4.69, 9.17) is 0 Å². The Kier molecular flexibility index (Phi) is 5.51. The second kappa shape index (κ2) is 8.21. The topological polar surface area (TPSA) is 39.7 Å². The lowest BCUT2D eigenvalue weighted by Crippen LogP contribution is -2.47. The second-order valence-electron chi connectivity index (χ2n) is 7.95. The van der Waals surface area contributed by atoms with Crippen molar-refractivity contribution in [2.75, 3.05) is 49.1 Å². The van der Waals surface area contributed by atoms with E-state index in [1.54, 1.807) is 6.20 Å². The van der Waals surface area contributed by atoms with Crippen molar-refractivity contribution >= 4 is 17.4 Å². The van der Waals surface area contributed by atoms with Crippen LogP contribution in [-0.2, 0) is 0 Å². The largest absolute Gasteiger partial charge is 0.368 e. The van der Waals surface area contributed by atoms with Crippen LogP contribution in [0.2, 0.25) is 0 Å². The number of hydrogen-bond donors (Lipinski definition) is 0. The molecule has 2 aliphatic rings. The molecule has 0 radical (unpaired) electrons. The Bertz CT molecular complexity index is 819. The maximum atomic E-state index is 12.6. The van der Waals surface area contributed by atoms with Crippen LogP contribution < -0.4 is 9.80 Å². The molecule has 0 saturated carbocycles. The number of aryl methyl sites for hydroxylation is 1. The van der Waals surface area contributed by atoms with Gasteiger partial charge in [-0.3, -0.25) is 4.79 Å². The molecule has 0 bridgehead atoms. The van der Waals surface area contributed by atoms with Crippen LogP contribution in [0, 0.1) is 13.8 Å². The fourth-order valence-electron chi connectivity index (χ4n) is 4.23. The number of likely N-dealkylation sites (tertiary alicyclic amines) is 1. The Hall–Kier alpha value is -2.56. The molecule has 0 spiro atoms. The van der Waals surface area contributed by atoms with Crippen molar-refractivity contribution in [1.82, 2.24) is 9.88 Å². The number of carbonyl (C=O) groups is 1. The van der Waals surface area contributed by atoms with E-state index in [1.165, 1.54) is 23.2 Å². The van der Waals surface area contributed by atoms with Gasteiger partial charge in [-0.2, -0.15) is 0 Å². The molecule has 2 aromatic rings. The van der Waals surface area contributed by atoms with Gasteiger partial charge in [0, 0.05) is 51.2 Å². The minimum Gasteiger partial charge on any atom is -0.368 e. The fourth-order valence-corrected chi connectivity index (χ4v) is 4.23. The number of nitrogens with zero attached hydrogens (tertiary/aromatic N) is 4. The van der Waals surface area contributed by atoms with Crippen LogP contribution in [-0.4, -0.2) is 55.1 Å². The number of hydrogen-bond acceptors (Lipinski definition) is 4. The third-order valence-electron chi connectivity index (χ3n) is 6.16. The van der Waals surface area contributed by atoms with Crippen LogP contribution in [0.25, 0.3) is 0 Å². The molecular weight excluding hydrogens is 348 g/mol. The summed E-state index contributed by atoms with van der Waals surface area (Å²) in [5.41, 5.74) is 4.76. The minimum absolute atomic E-state index is 0.124. The SMILES string of the molecule is Cc1cccc(N2CCN(c3ccc(C(=O)N4CCCCC4)cn3)CC2)c1C. The zero-order valence-corrected chi connectivity index (χ0v) is 17.0. The van der Waals surface area contributed by atoms with Crippen LogP contribution >= 0.6 is 0 Å². The van der Waals surface area contributed by atoms with Gasteiger partial charge in [-0.1, -0.05) is 12.1 Å². The molecule has 0 N–H and O–H groups in total. The van der Waals surface area contributed by atoms with Gasteiger partial charge in [0.2, 0.25) is 0 Å². The normalized spacial score (nSPS) is 17.7. The van der Waals surface area contributed by atoms with Gasteiger partial charge in [0.05, 0.1) is 5.56 Å². The first-order valence-electron chi connectivity index (χ1n) is 10.4. The highest BCUT2D eigenvalue weighted by atomic mass is 16.2. The van der Waals surface area contributed by atoms with Crippen molar-refractivity contribution in [2.45, 2.75) is 33.1 Å². The van der Waals surface area contributed by atoms with Crippen LogP contribution in [0.4, 0.5) is 11.5 Å². The summed E-state index contributed by atoms with van der Waals surface area (Å²) in [6.45, 7) is 9.99. The monoisotopic (exact) mass is 378 g/mol. The highest BCUT2D eigenvalue weighted by Gasteiger charge is 2.21. The molecule has 0 unspecified atom stereocenters. The van der Waals surface area contributed by atoms with Crippen LogP contribution in [0.5, 0.6) is 0 Å². The average molecular weight is 379 g/mol. The van der Waals surface area contributed by atoms with E-state index in [2.05, 4.69) is 46.8 Å². The van der Waals surface area contributed by atoms with E-state index in [-0.39, 0.29) is 5.91 Å². The van der Waals surface area contributed by atoms with Crippen LogP contribution in [0.15, 0.2) is 36.5 Å². The third-order valence-corrected chi connectivity index (χ3v) is 6.16. The summed E-state index contributed by atoms with van der Waals surface area (Å²) in [5, 5.41) is 0. The van der Waals surface area contributed by atoms with Gasteiger partial charge in [0.1, 0.15) is 5.82 Å². The van der Waals surface area contributed by atoms with Crippen molar-refractivity contribution in [2.24, 2.45) is 0 Å². The van der Waals surface area contributed by atoms with E-state index < -0.39 is 0 Å². The first-order chi connectivity index (χ1) is 13.6. The summed E-state index contributed by atoms with van der Waals surface area (Å²) in [4.78, 5) is 24.0. The van der Waals surface area contributed by atoms with Gasteiger partial charge in [-0.05, 0) is 62.4 Å². The molecule has 2 fully saturated rings. The van der Waals surface area contributed by atoms with Gasteiger partial charge in [-0.15, -0.1) is 0 Å². The van der Waals surface area contributed by atoms with E-state index >= 15 is 0 Å². The van der Waals surface area contributed by atoms with Gasteiger partial charge in [0.15, 0.2) is 0 Å². The number of amides is 1. The van der Waals surface area contributed by atoms with E-state index in [1.807, 2.05) is 17.0 Å². The lowest BCUT2D eigenvalue weighted by atomic mass is 10.1. The molecule has 1 aromatic heterocycles. The number of piperidine rings is 1. The van der Waals surface area contributed by atoms with E-state index in [0.29, 0.717) is 5.56 Å². The summed E-state index contributed by atoms with van der Waals surface area (Å²) < 4.78 is 0. The number of benzene rings is 1. The Morgan fingerprint density at radius 2 is 1.57 bits per heavy atom. The quantitative estimate of drug-likeness (QED) is 0.817. The fraction of sp³-hybridized carbons (Fsp3) is 0.478. The molecule has 0 aliphatic carbocycles. The molecule has 148 valence electrons. The molecule has 2 aliphatic heterocycles. The predicted molar refractivity (Wildman–Crippen MR) is 114 cm³/mol. The molecule has 2 saturated heterocycles. The lowest BCUT2D eigenvalue weighted by Gasteiger charge is -2.37. The molecule has 5 nitrogen and oxygen atoms in total. The number of anilines is 2. The van der Waals surface area contributed by atoms with Crippen molar-refractivity contribution in [3.63, 3.8) is 0 Å². The summed E-state index contributed by atoms with van der Waals surface area (Å²) in [7, 11) is 0. The third kappa shape index (κ3) is 3.84. The zero-order valence-electron chi connectivity index (χ0n) is 17.0. The highest BCUT2D eigenvalue weighted by molar-refractivity contribution is 5.94. The van der Waals surface area contributed by atoms with Gasteiger partial charge < -0.3 is 14.7 Å². The van der Waals surface area contributed by atoms with Crippen LogP contribution in [0.1, 0.15) is 40.7 Å². The van der Waals surface area contributed by atoms with Crippen molar-refractivity contribution in [3.05, 3.63) is 53.2 Å². The maximum Gasteiger partial charge on any atom is 0.255 e. The second-order valence-corrected chi connectivity index (χ2v) is 7.95. The zero-order chi connectivity index (χ0) is 19.5. The first-order valence-corrected chi connectivity index (χ1v) is 10.4. The van der Waals surface area contributed by atoms with Gasteiger partial charge >= 0.3 is 0 Å². The number of carbonyl (C=O) groups excluding carboxylic acids is 1. The number of piperazine rings is 1. The number of aromatic nitrogens is 1. The molecule has 4 rings (SSSR count). The van der Waals surface area contributed by atoms with Crippen molar-refractivity contribution < 1.29 is 4.79 Å². The van der Waals surface area contributed by atoms with Gasteiger partial charge in [-0.25, -0.2) is 4.98 Å². The van der Waals surface area contributed by atoms with Gasteiger partial charge in [0.25, 0.3) is 5.91 Å². The van der Waals surface area contributed by atoms with E-state index in [0.717, 1.165) is 57.9 Å². The Morgan fingerprint density at radius 1 is 0.857 bits per heavy atom. The predicted octanol–water partition coefficient (Wildman–Crippen LogP) is 3.65. The van der Waals surface area contributed by atoms with Crippen molar-refractivity contribution in [3.8, 4) is 0 Å². The highest BCUT2D eigenvalue weighted by Crippen LogP contribution is 2.25. The molecule has 1 aromatic carbocycles. The molecule has 5 heteroatoms. The summed E-state index contributed by atoms with van der Waals surface area (Å²) in [6, 6.07) is 10.5. The molecule has 0 atom stereocenters. The Balaban J connectivity index is 1.38. The number of pyridine rings is 1. The summed E-state index contributed by atoms with van der Waals surface area (Å²) >= 11 is 0. The standard InChI is InChI=1S/C23H30N4O/c1-18-7-6-8-21(19(18)2)25-13-15-26(16-14-25)22-10-9-20(17-24-22)23(28)27-11-4-3-5-12-27/h6-10,17H,3-5,11-16H2,1-2H3.